The summed E-state index contributed by atoms with van der Waals surface area (Å²) in [6, 6.07) is 13.0. The maximum absolute atomic E-state index is 12.7. The quantitative estimate of drug-likeness (QED) is 0.652. The molecule has 0 bridgehead atoms. The van der Waals surface area contributed by atoms with Gasteiger partial charge in [0, 0.05) is 25.2 Å². The maximum Gasteiger partial charge on any atom is 0.253 e. The highest BCUT2D eigenvalue weighted by Gasteiger charge is 2.25. The fourth-order valence-corrected chi connectivity index (χ4v) is 3.54. The topological polar surface area (TPSA) is 95.7 Å². The van der Waals surface area contributed by atoms with Gasteiger partial charge in [0.15, 0.2) is 6.29 Å². The average molecular weight is 414 g/mol. The summed E-state index contributed by atoms with van der Waals surface area (Å²) in [7, 11) is 3.44. The maximum atomic E-state index is 12.7. The van der Waals surface area contributed by atoms with Crippen molar-refractivity contribution in [3.63, 3.8) is 0 Å². The molecule has 3 rings (SSSR count). The van der Waals surface area contributed by atoms with E-state index in [4.69, 9.17) is 0 Å². The molecular weight excluding hydrogens is 378 g/mol. The van der Waals surface area contributed by atoms with Crippen LogP contribution in [-0.2, 0) is 6.54 Å². The molecule has 0 aliphatic carbocycles. The number of benzene rings is 2. The van der Waals surface area contributed by atoms with E-state index in [2.05, 4.69) is 35.3 Å². The number of hydrogen-bond donors (Lipinski definition) is 3. The summed E-state index contributed by atoms with van der Waals surface area (Å²) in [5.74, 6) is 0.272. The predicted octanol–water partition coefficient (Wildman–Crippen LogP) is 3.55. The van der Waals surface area contributed by atoms with Gasteiger partial charge in [-0.25, -0.2) is 0 Å². The number of amides is 1. The third-order valence-electron chi connectivity index (χ3n) is 4.99. The second-order valence-corrected chi connectivity index (χ2v) is 6.73. The molecule has 2 aromatic carbocycles. The molecule has 164 valence electrons. The van der Waals surface area contributed by atoms with Crippen molar-refractivity contribution in [1.82, 2.24) is 10.2 Å². The highest BCUT2D eigenvalue weighted by atomic mass is 16.3. The molecule has 4 N–H and O–H groups in total. The molecule has 1 aliphatic heterocycles. The Morgan fingerprint density at radius 2 is 1.83 bits per heavy atom. The predicted molar refractivity (Wildman–Crippen MR) is 122 cm³/mol. The van der Waals surface area contributed by atoms with Gasteiger partial charge in [-0.1, -0.05) is 38.1 Å². The molecule has 1 amide bonds. The normalized spacial score (nSPS) is 13.4. The number of aldehydes is 1. The van der Waals surface area contributed by atoms with E-state index >= 15 is 0 Å². The standard InChI is InChI=1S/C21H24N2O3.C2H6.CH5N/c1-22-13-15-3-2-4-17(11-15)16-7-9-23(10-8-16)21(26)18-5-6-20(25)19(12-18)14-24;2*1-2/h2-6,11-12,14,16,22,25H,7-10,13H2,1H3;1-2H3;2H2,1H3. The van der Waals surface area contributed by atoms with Gasteiger partial charge in [0.25, 0.3) is 5.91 Å². The van der Waals surface area contributed by atoms with Crippen LogP contribution in [0.4, 0.5) is 0 Å². The van der Waals surface area contributed by atoms with Crippen molar-refractivity contribution in [2.24, 2.45) is 5.73 Å². The molecular formula is C24H35N3O3. The molecule has 30 heavy (non-hydrogen) atoms. The lowest BCUT2D eigenvalue weighted by Crippen LogP contribution is -2.38. The van der Waals surface area contributed by atoms with E-state index in [0.717, 1.165) is 19.4 Å². The summed E-state index contributed by atoms with van der Waals surface area (Å²) in [5, 5.41) is 12.8. The lowest BCUT2D eigenvalue weighted by Gasteiger charge is -2.32. The van der Waals surface area contributed by atoms with Crippen molar-refractivity contribution < 1.29 is 14.7 Å². The number of nitrogens with two attached hydrogens (primary N) is 1. The molecule has 2 aromatic rings. The van der Waals surface area contributed by atoms with Crippen LogP contribution < -0.4 is 11.1 Å². The van der Waals surface area contributed by atoms with Crippen molar-refractivity contribution in [3.05, 3.63) is 64.7 Å². The number of carbonyl (C=O) groups is 2. The second kappa shape index (κ2) is 13.5. The average Bonchev–Trinajstić information content (AvgIpc) is 2.82. The Balaban J connectivity index is 0.00000106. The molecule has 6 heteroatoms. The smallest absolute Gasteiger partial charge is 0.253 e. The van der Waals surface area contributed by atoms with Crippen LogP contribution in [0.2, 0.25) is 0 Å². The number of nitrogens with one attached hydrogen (secondary N) is 1. The lowest BCUT2D eigenvalue weighted by atomic mass is 9.88. The zero-order valence-electron chi connectivity index (χ0n) is 18.5. The van der Waals surface area contributed by atoms with Gasteiger partial charge >= 0.3 is 0 Å². The number of carbonyl (C=O) groups excluding carboxylic acids is 2. The van der Waals surface area contributed by atoms with Crippen molar-refractivity contribution in [3.8, 4) is 5.75 Å². The fourth-order valence-electron chi connectivity index (χ4n) is 3.54. The number of likely N-dealkylation sites (tertiary alicyclic amines) is 1. The first-order valence-corrected chi connectivity index (χ1v) is 10.5. The number of phenolic OH excluding ortho intramolecular Hbond substituents is 1. The van der Waals surface area contributed by atoms with Crippen LogP contribution in [0.15, 0.2) is 42.5 Å². The van der Waals surface area contributed by atoms with E-state index in [1.807, 2.05) is 25.8 Å². The molecule has 0 atom stereocenters. The van der Waals surface area contributed by atoms with E-state index in [1.54, 1.807) is 6.07 Å². The van der Waals surface area contributed by atoms with Crippen LogP contribution >= 0.6 is 0 Å². The van der Waals surface area contributed by atoms with Gasteiger partial charge in [0.2, 0.25) is 0 Å². The van der Waals surface area contributed by atoms with Crippen LogP contribution in [-0.4, -0.2) is 49.4 Å². The first kappa shape index (κ1) is 25.3. The van der Waals surface area contributed by atoms with Crippen molar-refractivity contribution >= 4 is 12.2 Å². The molecule has 1 saturated heterocycles. The van der Waals surface area contributed by atoms with E-state index in [1.165, 1.54) is 30.3 Å². The number of aromatic hydroxyl groups is 1. The van der Waals surface area contributed by atoms with E-state index < -0.39 is 0 Å². The Morgan fingerprint density at radius 3 is 2.43 bits per heavy atom. The first-order chi connectivity index (χ1) is 14.6. The molecule has 0 saturated carbocycles. The Kier molecular flexibility index (Phi) is 11.4. The minimum Gasteiger partial charge on any atom is -0.507 e. The summed E-state index contributed by atoms with van der Waals surface area (Å²) < 4.78 is 0. The molecule has 0 aromatic heterocycles. The Hall–Kier alpha value is -2.70. The van der Waals surface area contributed by atoms with Gasteiger partial charge < -0.3 is 21.1 Å². The van der Waals surface area contributed by atoms with Gasteiger partial charge in [0.05, 0.1) is 5.56 Å². The molecule has 0 radical (unpaired) electrons. The van der Waals surface area contributed by atoms with Crippen molar-refractivity contribution in [2.75, 3.05) is 27.2 Å². The van der Waals surface area contributed by atoms with Crippen LogP contribution in [0, 0.1) is 0 Å². The zero-order chi connectivity index (χ0) is 22.5. The number of piperidine rings is 1. The molecule has 1 aliphatic rings. The van der Waals surface area contributed by atoms with Gasteiger partial charge in [-0.15, -0.1) is 0 Å². The minimum atomic E-state index is -0.100. The number of rotatable bonds is 5. The van der Waals surface area contributed by atoms with E-state index in [0.29, 0.717) is 30.9 Å². The number of hydrogen-bond acceptors (Lipinski definition) is 5. The van der Waals surface area contributed by atoms with Gasteiger partial charge in [0.1, 0.15) is 5.75 Å². The second-order valence-electron chi connectivity index (χ2n) is 6.73. The highest BCUT2D eigenvalue weighted by Crippen LogP contribution is 2.29. The first-order valence-electron chi connectivity index (χ1n) is 10.5. The van der Waals surface area contributed by atoms with Crippen LogP contribution in [0.1, 0.15) is 64.4 Å². The zero-order valence-corrected chi connectivity index (χ0v) is 18.5. The highest BCUT2D eigenvalue weighted by molar-refractivity contribution is 5.96. The monoisotopic (exact) mass is 413 g/mol. The summed E-state index contributed by atoms with van der Waals surface area (Å²) >= 11 is 0. The largest absolute Gasteiger partial charge is 0.507 e. The lowest BCUT2D eigenvalue weighted by molar-refractivity contribution is 0.0713. The van der Waals surface area contributed by atoms with E-state index in [9.17, 15) is 14.7 Å². The van der Waals surface area contributed by atoms with Crippen molar-refractivity contribution in [2.45, 2.75) is 39.2 Å². The fraction of sp³-hybridized carbons (Fsp3) is 0.417. The minimum absolute atomic E-state index is 0.0875. The van der Waals surface area contributed by atoms with Crippen molar-refractivity contribution in [1.29, 1.82) is 0 Å². The van der Waals surface area contributed by atoms with Crippen LogP contribution in [0.25, 0.3) is 0 Å². The Bertz CT molecular complexity index is 800. The summed E-state index contributed by atoms with van der Waals surface area (Å²) in [4.78, 5) is 25.5. The number of nitrogens with zero attached hydrogens (tertiary/aromatic N) is 1. The summed E-state index contributed by atoms with van der Waals surface area (Å²) in [5.41, 5.74) is 7.69. The summed E-state index contributed by atoms with van der Waals surface area (Å²) in [6.45, 7) is 6.24. The Morgan fingerprint density at radius 1 is 1.17 bits per heavy atom. The van der Waals surface area contributed by atoms with Gasteiger partial charge in [-0.05, 0) is 62.2 Å². The van der Waals surface area contributed by atoms with Gasteiger partial charge in [-0.2, -0.15) is 0 Å². The van der Waals surface area contributed by atoms with Crippen LogP contribution in [0.5, 0.6) is 5.75 Å². The van der Waals surface area contributed by atoms with E-state index in [-0.39, 0.29) is 17.2 Å². The third kappa shape index (κ3) is 6.68. The van der Waals surface area contributed by atoms with Gasteiger partial charge in [-0.3, -0.25) is 9.59 Å². The van der Waals surface area contributed by atoms with Crippen LogP contribution in [0.3, 0.4) is 0 Å². The SMILES string of the molecule is CC.CN.CNCc1cccc(C2CCN(C(=O)c3ccc(O)c(C=O)c3)CC2)c1. The Labute approximate surface area is 180 Å². The molecule has 6 nitrogen and oxygen atoms in total. The molecule has 1 fully saturated rings. The molecule has 0 unspecified atom stereocenters. The third-order valence-corrected chi connectivity index (χ3v) is 4.99. The molecule has 0 spiro atoms. The molecule has 1 heterocycles. The summed E-state index contributed by atoms with van der Waals surface area (Å²) in [6.07, 6.45) is 2.41. The number of phenols is 1.